The normalized spacial score (nSPS) is 11.0. The largest absolute Gasteiger partial charge is 0.497 e. The molecule has 254 valence electrons. The maximum absolute atomic E-state index is 13.5. The molecule has 0 aliphatic carbocycles. The van der Waals surface area contributed by atoms with Crippen LogP contribution in [0.25, 0.3) is 10.8 Å². The SMILES string of the molecule is COc1cc(Nc2cc(Oc3ccc(NC(=O)Nc4cc(C(C)(C)C)cc(CNC(C)=O)c4OC)c4ccccc34)ccn2)cc(OC)c1. The standard InChI is InChI=1S/C38H41N5O6/c1-23(44)40-22-24-16-25(38(2,3)4)17-33(36(24)48-7)43-37(45)42-32-12-13-34(31-11-9-8-10-30(31)32)49-27-14-15-39-35(21-27)41-26-18-28(46-5)20-29(19-26)47-6/h8-21H,22H2,1-7H3,(H,39,41)(H,40,44)(H2,42,43,45). The number of nitrogens with zero attached hydrogens (tertiary/aromatic N) is 1. The van der Waals surface area contributed by atoms with Crippen molar-refractivity contribution in [2.75, 3.05) is 37.3 Å². The number of fused-ring (bicyclic) bond motifs is 1. The number of methoxy groups -OCH3 is 3. The van der Waals surface area contributed by atoms with Crippen molar-refractivity contribution in [3.05, 3.63) is 96.2 Å². The molecule has 4 aromatic carbocycles. The first-order valence-corrected chi connectivity index (χ1v) is 15.7. The predicted molar refractivity (Wildman–Crippen MR) is 193 cm³/mol. The van der Waals surface area contributed by atoms with Crippen LogP contribution in [-0.2, 0) is 16.8 Å². The van der Waals surface area contributed by atoms with Gasteiger partial charge in [0.15, 0.2) is 0 Å². The van der Waals surface area contributed by atoms with Crippen LogP contribution in [0, 0.1) is 0 Å². The zero-order chi connectivity index (χ0) is 35.1. The average molecular weight is 664 g/mol. The number of aromatic nitrogens is 1. The molecule has 0 bridgehead atoms. The van der Waals surface area contributed by atoms with Gasteiger partial charge in [-0.15, -0.1) is 0 Å². The van der Waals surface area contributed by atoms with Crippen LogP contribution in [0.5, 0.6) is 28.7 Å². The van der Waals surface area contributed by atoms with E-state index in [0.717, 1.165) is 27.6 Å². The Balaban J connectivity index is 1.38. The first kappa shape index (κ1) is 34.4. The summed E-state index contributed by atoms with van der Waals surface area (Å²) in [6, 6.07) is 23.7. The second-order valence-electron chi connectivity index (χ2n) is 12.3. The van der Waals surface area contributed by atoms with Crippen LogP contribution in [0.4, 0.5) is 27.7 Å². The van der Waals surface area contributed by atoms with Gasteiger partial charge >= 0.3 is 6.03 Å². The maximum Gasteiger partial charge on any atom is 0.323 e. The van der Waals surface area contributed by atoms with Gasteiger partial charge in [-0.1, -0.05) is 45.0 Å². The van der Waals surface area contributed by atoms with Gasteiger partial charge in [-0.25, -0.2) is 9.78 Å². The van der Waals surface area contributed by atoms with E-state index >= 15 is 0 Å². The van der Waals surface area contributed by atoms with Crippen molar-refractivity contribution in [3.8, 4) is 28.7 Å². The van der Waals surface area contributed by atoms with Gasteiger partial charge in [0.25, 0.3) is 0 Å². The summed E-state index contributed by atoms with van der Waals surface area (Å²) in [7, 11) is 4.73. The lowest BCUT2D eigenvalue weighted by Crippen LogP contribution is -2.23. The van der Waals surface area contributed by atoms with E-state index in [1.807, 2.05) is 54.6 Å². The monoisotopic (exact) mass is 663 g/mol. The van der Waals surface area contributed by atoms with E-state index in [1.54, 1.807) is 44.7 Å². The summed E-state index contributed by atoms with van der Waals surface area (Å²) < 4.78 is 22.8. The third-order valence-electron chi connectivity index (χ3n) is 7.73. The van der Waals surface area contributed by atoms with E-state index in [2.05, 4.69) is 47.0 Å². The Bertz CT molecular complexity index is 1970. The smallest absolute Gasteiger partial charge is 0.323 e. The molecule has 0 fully saturated rings. The number of carbonyl (C=O) groups is 2. The van der Waals surface area contributed by atoms with Crippen molar-refractivity contribution >= 4 is 45.6 Å². The molecule has 0 spiro atoms. The highest BCUT2D eigenvalue weighted by atomic mass is 16.5. The molecule has 49 heavy (non-hydrogen) atoms. The molecule has 1 heterocycles. The number of hydrogen-bond acceptors (Lipinski definition) is 8. The van der Waals surface area contributed by atoms with E-state index in [9.17, 15) is 9.59 Å². The molecule has 4 N–H and O–H groups in total. The molecule has 11 nitrogen and oxygen atoms in total. The second-order valence-corrected chi connectivity index (χ2v) is 12.3. The zero-order valence-corrected chi connectivity index (χ0v) is 28.7. The molecule has 5 aromatic rings. The summed E-state index contributed by atoms with van der Waals surface area (Å²) in [5, 5.41) is 13.6. The molecule has 5 rings (SSSR count). The number of urea groups is 1. The number of carbonyl (C=O) groups excluding carboxylic acids is 2. The van der Waals surface area contributed by atoms with Gasteiger partial charge in [0, 0.05) is 66.0 Å². The Kier molecular flexibility index (Phi) is 10.4. The highest BCUT2D eigenvalue weighted by Crippen LogP contribution is 2.38. The third kappa shape index (κ3) is 8.50. The molecule has 0 atom stereocenters. The highest BCUT2D eigenvalue weighted by Gasteiger charge is 2.21. The lowest BCUT2D eigenvalue weighted by atomic mass is 9.85. The fourth-order valence-electron chi connectivity index (χ4n) is 5.25. The number of anilines is 4. The summed E-state index contributed by atoms with van der Waals surface area (Å²) in [5.41, 5.74) is 3.34. The molecule has 0 radical (unpaired) electrons. The Morgan fingerprint density at radius 3 is 2.10 bits per heavy atom. The molecule has 1 aromatic heterocycles. The number of ether oxygens (including phenoxy) is 4. The lowest BCUT2D eigenvalue weighted by molar-refractivity contribution is -0.119. The van der Waals surface area contributed by atoms with Crippen molar-refractivity contribution < 1.29 is 28.5 Å². The van der Waals surface area contributed by atoms with E-state index in [1.165, 1.54) is 14.0 Å². The Morgan fingerprint density at radius 2 is 1.45 bits per heavy atom. The predicted octanol–water partition coefficient (Wildman–Crippen LogP) is 8.37. The molecule has 0 saturated heterocycles. The van der Waals surface area contributed by atoms with Gasteiger partial charge in [0.05, 0.1) is 32.7 Å². The average Bonchev–Trinajstić information content (AvgIpc) is 3.07. The van der Waals surface area contributed by atoms with Gasteiger partial charge in [-0.2, -0.15) is 0 Å². The molecule has 0 aliphatic rings. The fraction of sp³-hybridized carbons (Fsp3) is 0.237. The minimum absolute atomic E-state index is 0.162. The van der Waals surface area contributed by atoms with Crippen molar-refractivity contribution in [1.29, 1.82) is 0 Å². The van der Waals surface area contributed by atoms with Crippen molar-refractivity contribution in [1.82, 2.24) is 10.3 Å². The maximum atomic E-state index is 13.5. The van der Waals surface area contributed by atoms with Gasteiger partial charge in [-0.05, 0) is 41.3 Å². The third-order valence-corrected chi connectivity index (χ3v) is 7.73. The van der Waals surface area contributed by atoms with Crippen LogP contribution in [0.3, 0.4) is 0 Å². The van der Waals surface area contributed by atoms with Gasteiger partial charge in [-0.3, -0.25) is 4.79 Å². The Morgan fingerprint density at radius 1 is 0.755 bits per heavy atom. The van der Waals surface area contributed by atoms with Crippen LogP contribution < -0.4 is 40.2 Å². The van der Waals surface area contributed by atoms with Crippen molar-refractivity contribution in [2.45, 2.75) is 39.7 Å². The summed E-state index contributed by atoms with van der Waals surface area (Å²) >= 11 is 0. The summed E-state index contributed by atoms with van der Waals surface area (Å²) in [5.74, 6) is 3.34. The summed E-state index contributed by atoms with van der Waals surface area (Å²) in [6.07, 6.45) is 1.65. The fourth-order valence-corrected chi connectivity index (χ4v) is 5.25. The van der Waals surface area contributed by atoms with Crippen LogP contribution >= 0.6 is 0 Å². The number of rotatable bonds is 11. The first-order chi connectivity index (χ1) is 23.5. The number of nitrogens with one attached hydrogen (secondary N) is 4. The summed E-state index contributed by atoms with van der Waals surface area (Å²) in [4.78, 5) is 29.6. The minimum atomic E-state index is -0.451. The topological polar surface area (TPSA) is 132 Å². The van der Waals surface area contributed by atoms with Gasteiger partial charge < -0.3 is 40.2 Å². The number of benzene rings is 4. The molecule has 0 saturated carbocycles. The van der Waals surface area contributed by atoms with Crippen molar-refractivity contribution in [3.63, 3.8) is 0 Å². The zero-order valence-electron chi connectivity index (χ0n) is 28.7. The van der Waals surface area contributed by atoms with E-state index in [0.29, 0.717) is 45.9 Å². The quantitative estimate of drug-likeness (QED) is 0.111. The minimum Gasteiger partial charge on any atom is -0.497 e. The van der Waals surface area contributed by atoms with Crippen LogP contribution in [0.1, 0.15) is 38.8 Å². The molecule has 11 heteroatoms. The molecule has 0 aliphatic heterocycles. The molecule has 0 unspecified atom stereocenters. The Hall–Kier alpha value is -5.97. The second kappa shape index (κ2) is 14.8. The molecular weight excluding hydrogens is 622 g/mol. The van der Waals surface area contributed by atoms with Gasteiger partial charge in [0.1, 0.15) is 34.6 Å². The first-order valence-electron chi connectivity index (χ1n) is 15.7. The van der Waals surface area contributed by atoms with E-state index in [4.69, 9.17) is 18.9 Å². The van der Waals surface area contributed by atoms with Crippen LogP contribution in [0.2, 0.25) is 0 Å². The summed E-state index contributed by atoms with van der Waals surface area (Å²) in [6.45, 7) is 7.96. The van der Waals surface area contributed by atoms with Crippen molar-refractivity contribution in [2.24, 2.45) is 0 Å². The van der Waals surface area contributed by atoms with Crippen LogP contribution in [-0.4, -0.2) is 38.3 Å². The van der Waals surface area contributed by atoms with Crippen LogP contribution in [0.15, 0.2) is 85.1 Å². The number of hydrogen-bond donors (Lipinski definition) is 4. The van der Waals surface area contributed by atoms with E-state index in [-0.39, 0.29) is 17.9 Å². The number of pyridine rings is 1. The number of amides is 3. The lowest BCUT2D eigenvalue weighted by Gasteiger charge is -2.24. The molecule has 3 amide bonds. The highest BCUT2D eigenvalue weighted by molar-refractivity contribution is 6.08. The molecular formula is C38H41N5O6. The Labute approximate surface area is 285 Å². The van der Waals surface area contributed by atoms with E-state index < -0.39 is 6.03 Å². The van der Waals surface area contributed by atoms with Gasteiger partial charge in [0.2, 0.25) is 5.91 Å².